The van der Waals surface area contributed by atoms with Gasteiger partial charge in [-0.2, -0.15) is 0 Å². The molecule has 0 aromatic heterocycles. The molecule has 2 aromatic rings. The molecule has 3 nitrogen and oxygen atoms in total. The summed E-state index contributed by atoms with van der Waals surface area (Å²) in [4.78, 5) is 11.9. The van der Waals surface area contributed by atoms with Crippen molar-refractivity contribution in [3.05, 3.63) is 57.3 Å². The van der Waals surface area contributed by atoms with E-state index in [1.165, 1.54) is 18.2 Å². The maximum atomic E-state index is 13.1. The summed E-state index contributed by atoms with van der Waals surface area (Å²) in [5, 5.41) is 2.56. The second-order valence-corrected chi connectivity index (χ2v) is 7.62. The van der Waals surface area contributed by atoms with Gasteiger partial charge in [-0.25, -0.2) is 4.39 Å². The van der Waals surface area contributed by atoms with E-state index in [0.29, 0.717) is 11.4 Å². The highest BCUT2D eigenvalue weighted by atomic mass is 79.9. The quantitative estimate of drug-likeness (QED) is 0.711. The maximum absolute atomic E-state index is 13.1. The van der Waals surface area contributed by atoms with Crippen molar-refractivity contribution >= 4 is 39.1 Å². The van der Waals surface area contributed by atoms with Crippen molar-refractivity contribution in [2.75, 3.05) is 11.9 Å². The number of hydrogen-bond donors (Lipinski definition) is 1. The van der Waals surface area contributed by atoms with E-state index < -0.39 is 5.82 Å². The highest BCUT2D eigenvalue weighted by Gasteiger charge is 2.15. The molecule has 0 aliphatic heterocycles. The number of nitrogens with one attached hydrogen (secondary N) is 1. The Morgan fingerprint density at radius 3 is 2.54 bits per heavy atom. The third kappa shape index (κ3) is 4.95. The number of benzene rings is 2. The Bertz CT molecular complexity index is 759. The lowest BCUT2D eigenvalue weighted by Crippen LogP contribution is -2.20. The van der Waals surface area contributed by atoms with Gasteiger partial charge >= 0.3 is 0 Å². The molecule has 128 valence electrons. The van der Waals surface area contributed by atoms with Crippen molar-refractivity contribution in [2.45, 2.75) is 26.2 Å². The molecule has 0 unspecified atom stereocenters. The van der Waals surface area contributed by atoms with Crippen LogP contribution >= 0.6 is 27.5 Å². The summed E-state index contributed by atoms with van der Waals surface area (Å²) in [5.41, 5.74) is 1.60. The van der Waals surface area contributed by atoms with Crippen LogP contribution in [0, 0.1) is 5.82 Å². The van der Waals surface area contributed by atoms with Crippen molar-refractivity contribution in [3.63, 3.8) is 0 Å². The van der Waals surface area contributed by atoms with Crippen molar-refractivity contribution in [3.8, 4) is 5.75 Å². The van der Waals surface area contributed by atoms with E-state index in [-0.39, 0.29) is 23.0 Å². The normalized spacial score (nSPS) is 11.2. The molecule has 24 heavy (non-hydrogen) atoms. The van der Waals surface area contributed by atoms with Gasteiger partial charge in [0.05, 0.1) is 9.50 Å². The molecule has 0 saturated carbocycles. The van der Waals surface area contributed by atoms with Gasteiger partial charge in [-0.05, 0) is 57.2 Å². The highest BCUT2D eigenvalue weighted by Crippen LogP contribution is 2.31. The summed E-state index contributed by atoms with van der Waals surface area (Å²) in [6.45, 7) is 6.20. The average Bonchev–Trinajstić information content (AvgIpc) is 2.49. The molecule has 6 heteroatoms. The van der Waals surface area contributed by atoms with Crippen molar-refractivity contribution in [2.24, 2.45) is 0 Å². The molecule has 0 heterocycles. The number of carbonyl (C=O) groups excluding carboxylic acids is 1. The lowest BCUT2D eigenvalue weighted by atomic mass is 9.87. The van der Waals surface area contributed by atoms with Crippen LogP contribution in [-0.4, -0.2) is 12.5 Å². The SMILES string of the molecule is CC(C)(C)c1ccc(OCC(=O)Nc2ccc(F)c(Cl)c2)c(Br)c1. The summed E-state index contributed by atoms with van der Waals surface area (Å²) < 4.78 is 19.4. The molecule has 0 bridgehead atoms. The van der Waals surface area contributed by atoms with Gasteiger partial charge in [0, 0.05) is 5.69 Å². The Morgan fingerprint density at radius 1 is 1.25 bits per heavy atom. The largest absolute Gasteiger partial charge is 0.483 e. The van der Waals surface area contributed by atoms with E-state index >= 15 is 0 Å². The number of amides is 1. The minimum Gasteiger partial charge on any atom is -0.483 e. The Kier molecular flexibility index (Phi) is 5.88. The van der Waals surface area contributed by atoms with Crippen molar-refractivity contribution in [1.82, 2.24) is 0 Å². The average molecular weight is 415 g/mol. The number of rotatable bonds is 4. The zero-order valence-electron chi connectivity index (χ0n) is 13.6. The van der Waals surface area contributed by atoms with Crippen LogP contribution < -0.4 is 10.1 Å². The summed E-state index contributed by atoms with van der Waals surface area (Å²) in [7, 11) is 0. The van der Waals surface area contributed by atoms with E-state index in [1.54, 1.807) is 0 Å². The topological polar surface area (TPSA) is 38.3 Å². The molecular formula is C18H18BrClFNO2. The van der Waals surface area contributed by atoms with Crippen LogP contribution in [-0.2, 0) is 10.2 Å². The lowest BCUT2D eigenvalue weighted by molar-refractivity contribution is -0.118. The van der Waals surface area contributed by atoms with Crippen LogP contribution in [0.5, 0.6) is 5.75 Å². The zero-order chi connectivity index (χ0) is 17.9. The molecule has 1 N–H and O–H groups in total. The molecule has 0 saturated heterocycles. The minimum atomic E-state index is -0.534. The maximum Gasteiger partial charge on any atom is 0.262 e. The Morgan fingerprint density at radius 2 is 1.96 bits per heavy atom. The number of ether oxygens (including phenoxy) is 1. The molecule has 1 amide bonds. The first-order valence-electron chi connectivity index (χ1n) is 7.34. The first kappa shape index (κ1) is 18.7. The molecule has 2 aromatic carbocycles. The van der Waals surface area contributed by atoms with E-state index in [1.807, 2.05) is 18.2 Å². The molecule has 0 atom stereocenters. The Balaban J connectivity index is 1.97. The van der Waals surface area contributed by atoms with Gasteiger partial charge in [0.15, 0.2) is 6.61 Å². The molecule has 0 fully saturated rings. The Hall–Kier alpha value is -1.59. The summed E-state index contributed by atoms with van der Waals surface area (Å²) >= 11 is 9.14. The summed E-state index contributed by atoms with van der Waals surface area (Å²) in [6, 6.07) is 9.76. The monoisotopic (exact) mass is 413 g/mol. The first-order chi connectivity index (χ1) is 11.2. The second kappa shape index (κ2) is 7.53. The molecular weight excluding hydrogens is 397 g/mol. The molecule has 0 aliphatic rings. The number of carbonyl (C=O) groups is 1. The van der Waals surface area contributed by atoms with Gasteiger partial charge in [-0.3, -0.25) is 4.79 Å². The zero-order valence-corrected chi connectivity index (χ0v) is 16.0. The summed E-state index contributed by atoms with van der Waals surface area (Å²) in [5.74, 6) is -0.312. The Labute approximate surface area is 154 Å². The molecule has 0 spiro atoms. The first-order valence-corrected chi connectivity index (χ1v) is 8.51. The predicted molar refractivity (Wildman–Crippen MR) is 98.4 cm³/mol. The standard InChI is InChI=1S/C18H18BrClFNO2/c1-18(2,3)11-4-7-16(13(19)8-11)24-10-17(23)22-12-5-6-15(21)14(20)9-12/h4-9H,10H2,1-3H3,(H,22,23). The highest BCUT2D eigenvalue weighted by molar-refractivity contribution is 9.10. The fourth-order valence-electron chi connectivity index (χ4n) is 2.00. The van der Waals surface area contributed by atoms with Gasteiger partial charge in [0.25, 0.3) is 5.91 Å². The molecule has 2 rings (SSSR count). The number of halogens is 3. The fraction of sp³-hybridized carbons (Fsp3) is 0.278. The van der Waals surface area contributed by atoms with Crippen LogP contribution in [0.4, 0.5) is 10.1 Å². The van der Waals surface area contributed by atoms with Gasteiger partial charge in [-0.15, -0.1) is 0 Å². The van der Waals surface area contributed by atoms with Crippen molar-refractivity contribution in [1.29, 1.82) is 0 Å². The van der Waals surface area contributed by atoms with E-state index in [9.17, 15) is 9.18 Å². The third-order valence-electron chi connectivity index (χ3n) is 3.36. The van der Waals surface area contributed by atoms with Crippen molar-refractivity contribution < 1.29 is 13.9 Å². The van der Waals surface area contributed by atoms with E-state index in [2.05, 4.69) is 42.0 Å². The third-order valence-corrected chi connectivity index (χ3v) is 4.27. The van der Waals surface area contributed by atoms with Crippen LogP contribution in [0.15, 0.2) is 40.9 Å². The van der Waals surface area contributed by atoms with Crippen LogP contribution in [0.1, 0.15) is 26.3 Å². The minimum absolute atomic E-state index is 0.0281. The predicted octanol–water partition coefficient (Wildman–Crippen LogP) is 5.56. The second-order valence-electron chi connectivity index (χ2n) is 6.36. The lowest BCUT2D eigenvalue weighted by Gasteiger charge is -2.20. The van der Waals surface area contributed by atoms with Gasteiger partial charge in [0.1, 0.15) is 11.6 Å². The summed E-state index contributed by atoms with van der Waals surface area (Å²) in [6.07, 6.45) is 0. The van der Waals surface area contributed by atoms with Crippen LogP contribution in [0.3, 0.4) is 0 Å². The van der Waals surface area contributed by atoms with Crippen LogP contribution in [0.2, 0.25) is 5.02 Å². The number of hydrogen-bond acceptors (Lipinski definition) is 2. The molecule has 0 radical (unpaired) electrons. The van der Waals surface area contributed by atoms with E-state index in [0.717, 1.165) is 10.0 Å². The molecule has 0 aliphatic carbocycles. The van der Waals surface area contributed by atoms with Gasteiger partial charge in [-0.1, -0.05) is 38.4 Å². The number of anilines is 1. The van der Waals surface area contributed by atoms with E-state index in [4.69, 9.17) is 16.3 Å². The van der Waals surface area contributed by atoms with Gasteiger partial charge < -0.3 is 10.1 Å². The van der Waals surface area contributed by atoms with Gasteiger partial charge in [0.2, 0.25) is 0 Å². The fourth-order valence-corrected chi connectivity index (χ4v) is 2.67. The van der Waals surface area contributed by atoms with Crippen LogP contribution in [0.25, 0.3) is 0 Å². The smallest absolute Gasteiger partial charge is 0.262 e.